The Balaban J connectivity index is 2.33. The lowest BCUT2D eigenvalue weighted by Crippen LogP contribution is -2.31. The van der Waals surface area contributed by atoms with Gasteiger partial charge in [0.1, 0.15) is 5.75 Å². The molecule has 0 fully saturated rings. The van der Waals surface area contributed by atoms with E-state index < -0.39 is 0 Å². The second kappa shape index (κ2) is 9.31. The Morgan fingerprint density at radius 3 is 2.74 bits per heavy atom. The number of hydrogen-bond donors (Lipinski definition) is 3. The smallest absolute Gasteiger partial charge is 0.123 e. The van der Waals surface area contributed by atoms with E-state index in [1.54, 1.807) is 6.92 Å². The molecular weight excluding hydrogens is 308 g/mol. The Labute approximate surface area is 123 Å². The third-order valence-electron chi connectivity index (χ3n) is 2.56. The number of aliphatic hydroxyl groups is 1. The first-order chi connectivity index (χ1) is 9.13. The van der Waals surface area contributed by atoms with Crippen molar-refractivity contribution in [2.45, 2.75) is 26.5 Å². The van der Waals surface area contributed by atoms with E-state index in [1.807, 2.05) is 19.1 Å². The summed E-state index contributed by atoms with van der Waals surface area (Å²) >= 11 is 3.47. The Hall–Kier alpha value is -0.620. The lowest BCUT2D eigenvalue weighted by Gasteiger charge is -2.12. The van der Waals surface area contributed by atoms with Crippen LogP contribution in [-0.2, 0) is 6.54 Å². The SMILES string of the molecule is CCOc1ccc(Br)cc1CNCCNCC(C)O. The van der Waals surface area contributed by atoms with E-state index in [0.29, 0.717) is 13.2 Å². The van der Waals surface area contributed by atoms with Gasteiger partial charge in [0.25, 0.3) is 0 Å². The van der Waals surface area contributed by atoms with E-state index in [0.717, 1.165) is 35.4 Å². The zero-order valence-electron chi connectivity index (χ0n) is 11.6. The summed E-state index contributed by atoms with van der Waals surface area (Å²) in [6.45, 7) is 7.52. The number of hydrogen-bond acceptors (Lipinski definition) is 4. The number of halogens is 1. The van der Waals surface area contributed by atoms with E-state index in [9.17, 15) is 0 Å². The van der Waals surface area contributed by atoms with Gasteiger partial charge in [0.15, 0.2) is 0 Å². The highest BCUT2D eigenvalue weighted by Gasteiger charge is 2.03. The molecule has 1 rings (SSSR count). The summed E-state index contributed by atoms with van der Waals surface area (Å²) in [4.78, 5) is 0. The topological polar surface area (TPSA) is 53.5 Å². The van der Waals surface area contributed by atoms with Crippen LogP contribution < -0.4 is 15.4 Å². The summed E-state index contributed by atoms with van der Waals surface area (Å²) < 4.78 is 6.65. The average Bonchev–Trinajstić information content (AvgIpc) is 2.36. The maximum Gasteiger partial charge on any atom is 0.123 e. The predicted octanol–water partition coefficient (Wildman–Crippen LogP) is 1.91. The molecule has 0 spiro atoms. The molecule has 0 heterocycles. The standard InChI is InChI=1S/C14H23BrN2O2/c1-3-19-14-5-4-13(15)8-12(14)10-17-7-6-16-9-11(2)18/h4-5,8,11,16-18H,3,6-7,9-10H2,1-2H3. The zero-order valence-corrected chi connectivity index (χ0v) is 13.2. The van der Waals surface area contributed by atoms with Crippen LogP contribution in [0.3, 0.4) is 0 Å². The number of ether oxygens (including phenoxy) is 1. The fourth-order valence-electron chi connectivity index (χ4n) is 1.69. The van der Waals surface area contributed by atoms with Crippen molar-refractivity contribution in [2.24, 2.45) is 0 Å². The van der Waals surface area contributed by atoms with Crippen molar-refractivity contribution in [1.82, 2.24) is 10.6 Å². The van der Waals surface area contributed by atoms with Gasteiger partial charge in [-0.1, -0.05) is 15.9 Å². The quantitative estimate of drug-likeness (QED) is 0.605. The molecule has 0 radical (unpaired) electrons. The fourth-order valence-corrected chi connectivity index (χ4v) is 2.10. The minimum absolute atomic E-state index is 0.297. The van der Waals surface area contributed by atoms with E-state index >= 15 is 0 Å². The number of rotatable bonds is 9. The van der Waals surface area contributed by atoms with Crippen LogP contribution in [0.2, 0.25) is 0 Å². The second-order valence-electron chi connectivity index (χ2n) is 4.41. The van der Waals surface area contributed by atoms with Crippen molar-refractivity contribution < 1.29 is 9.84 Å². The van der Waals surface area contributed by atoms with Gasteiger partial charge in [-0.3, -0.25) is 0 Å². The number of nitrogens with one attached hydrogen (secondary N) is 2. The van der Waals surface area contributed by atoms with Crippen molar-refractivity contribution >= 4 is 15.9 Å². The molecule has 0 aliphatic heterocycles. The monoisotopic (exact) mass is 330 g/mol. The third kappa shape index (κ3) is 6.92. The molecule has 0 saturated carbocycles. The van der Waals surface area contributed by atoms with E-state index in [1.165, 1.54) is 0 Å². The second-order valence-corrected chi connectivity index (χ2v) is 5.33. The van der Waals surface area contributed by atoms with Crippen LogP contribution in [0, 0.1) is 0 Å². The summed E-state index contributed by atoms with van der Waals surface area (Å²) in [5, 5.41) is 15.6. The van der Waals surface area contributed by atoms with Gasteiger partial charge < -0.3 is 20.5 Å². The fraction of sp³-hybridized carbons (Fsp3) is 0.571. The molecule has 3 N–H and O–H groups in total. The maximum atomic E-state index is 9.11. The number of aliphatic hydroxyl groups excluding tert-OH is 1. The molecule has 108 valence electrons. The molecule has 0 amide bonds. The molecule has 0 aliphatic carbocycles. The first kappa shape index (κ1) is 16.4. The molecule has 5 heteroatoms. The molecular formula is C14H23BrN2O2. The Morgan fingerprint density at radius 1 is 1.32 bits per heavy atom. The first-order valence-corrected chi connectivity index (χ1v) is 7.43. The molecule has 4 nitrogen and oxygen atoms in total. The summed E-state index contributed by atoms with van der Waals surface area (Å²) in [6, 6.07) is 6.04. The van der Waals surface area contributed by atoms with Gasteiger partial charge in [0.2, 0.25) is 0 Å². The molecule has 0 aromatic heterocycles. The van der Waals surface area contributed by atoms with E-state index in [2.05, 4.69) is 32.6 Å². The predicted molar refractivity (Wildman–Crippen MR) is 81.6 cm³/mol. The summed E-state index contributed by atoms with van der Waals surface area (Å²) in [5.41, 5.74) is 1.15. The molecule has 0 saturated heterocycles. The Morgan fingerprint density at radius 2 is 2.05 bits per heavy atom. The van der Waals surface area contributed by atoms with Gasteiger partial charge in [-0.15, -0.1) is 0 Å². The van der Waals surface area contributed by atoms with Crippen molar-refractivity contribution in [2.75, 3.05) is 26.2 Å². The van der Waals surface area contributed by atoms with Crippen LogP contribution in [0.15, 0.2) is 22.7 Å². The molecule has 1 aromatic carbocycles. The lowest BCUT2D eigenvalue weighted by atomic mass is 10.2. The highest BCUT2D eigenvalue weighted by molar-refractivity contribution is 9.10. The first-order valence-electron chi connectivity index (χ1n) is 6.64. The third-order valence-corrected chi connectivity index (χ3v) is 3.05. The molecule has 0 bridgehead atoms. The van der Waals surface area contributed by atoms with Crippen molar-refractivity contribution in [1.29, 1.82) is 0 Å². The Kier molecular flexibility index (Phi) is 8.05. The van der Waals surface area contributed by atoms with Crippen LogP contribution in [0.1, 0.15) is 19.4 Å². The molecule has 1 unspecified atom stereocenters. The normalized spacial score (nSPS) is 12.4. The van der Waals surface area contributed by atoms with Crippen molar-refractivity contribution in [3.8, 4) is 5.75 Å². The van der Waals surface area contributed by atoms with Gasteiger partial charge >= 0.3 is 0 Å². The largest absolute Gasteiger partial charge is 0.494 e. The molecule has 0 aliphatic rings. The van der Waals surface area contributed by atoms with Gasteiger partial charge in [0.05, 0.1) is 12.7 Å². The van der Waals surface area contributed by atoms with E-state index in [4.69, 9.17) is 9.84 Å². The Bertz CT molecular complexity index is 372. The highest BCUT2D eigenvalue weighted by Crippen LogP contribution is 2.23. The van der Waals surface area contributed by atoms with Crippen molar-refractivity contribution in [3.63, 3.8) is 0 Å². The summed E-state index contributed by atoms with van der Waals surface area (Å²) in [7, 11) is 0. The van der Waals surface area contributed by atoms with Gasteiger partial charge in [-0.2, -0.15) is 0 Å². The number of benzene rings is 1. The molecule has 19 heavy (non-hydrogen) atoms. The van der Waals surface area contributed by atoms with Crippen LogP contribution in [-0.4, -0.2) is 37.5 Å². The maximum absolute atomic E-state index is 9.11. The lowest BCUT2D eigenvalue weighted by molar-refractivity contribution is 0.191. The summed E-state index contributed by atoms with van der Waals surface area (Å²) in [5.74, 6) is 0.926. The minimum atomic E-state index is -0.297. The van der Waals surface area contributed by atoms with Gasteiger partial charge in [-0.05, 0) is 32.0 Å². The molecule has 1 aromatic rings. The zero-order chi connectivity index (χ0) is 14.1. The van der Waals surface area contributed by atoms with Gasteiger partial charge in [0, 0.05) is 36.2 Å². The van der Waals surface area contributed by atoms with E-state index in [-0.39, 0.29) is 6.10 Å². The van der Waals surface area contributed by atoms with Crippen LogP contribution in [0.5, 0.6) is 5.75 Å². The average molecular weight is 331 g/mol. The summed E-state index contributed by atoms with van der Waals surface area (Å²) in [6.07, 6.45) is -0.297. The van der Waals surface area contributed by atoms with Crippen LogP contribution in [0.4, 0.5) is 0 Å². The van der Waals surface area contributed by atoms with Crippen molar-refractivity contribution in [3.05, 3.63) is 28.2 Å². The highest BCUT2D eigenvalue weighted by atomic mass is 79.9. The van der Waals surface area contributed by atoms with Gasteiger partial charge in [-0.25, -0.2) is 0 Å². The minimum Gasteiger partial charge on any atom is -0.494 e. The molecule has 1 atom stereocenters. The van der Waals surface area contributed by atoms with Crippen LogP contribution >= 0.6 is 15.9 Å². The van der Waals surface area contributed by atoms with Crippen LogP contribution in [0.25, 0.3) is 0 Å².